The van der Waals surface area contributed by atoms with Crippen LogP contribution in [0.5, 0.6) is 5.75 Å². The van der Waals surface area contributed by atoms with Crippen LogP contribution < -0.4 is 15.0 Å². The fourth-order valence-corrected chi connectivity index (χ4v) is 2.30. The summed E-state index contributed by atoms with van der Waals surface area (Å²) in [6, 6.07) is 8.49. The van der Waals surface area contributed by atoms with Crippen molar-refractivity contribution in [1.29, 1.82) is 0 Å². The molecular weight excluding hydrogens is 224 g/mol. The summed E-state index contributed by atoms with van der Waals surface area (Å²) in [4.78, 5) is 2.45. The molecule has 1 aliphatic rings. The van der Waals surface area contributed by atoms with E-state index in [-0.39, 0.29) is 0 Å². The molecule has 1 heterocycles. The average Bonchev–Trinajstić information content (AvgIpc) is 2.62. The van der Waals surface area contributed by atoms with Gasteiger partial charge in [-0.1, -0.05) is 13.8 Å². The zero-order chi connectivity index (χ0) is 12.8. The highest BCUT2D eigenvalue weighted by molar-refractivity contribution is 5.49. The number of anilines is 1. The van der Waals surface area contributed by atoms with Crippen LogP contribution in [-0.2, 0) is 0 Å². The maximum atomic E-state index is 5.61. The fraction of sp³-hybridized carbons (Fsp3) is 0.600. The summed E-state index contributed by atoms with van der Waals surface area (Å²) in [7, 11) is 0. The summed E-state index contributed by atoms with van der Waals surface area (Å²) >= 11 is 0. The fourth-order valence-electron chi connectivity index (χ4n) is 2.30. The third-order valence-electron chi connectivity index (χ3n) is 3.26. The Kier molecular flexibility index (Phi) is 4.88. The SMILES string of the molecule is CCCOc1ccc(N2CCNCC(C)C2)cc1. The van der Waals surface area contributed by atoms with Crippen molar-refractivity contribution < 1.29 is 4.74 Å². The molecule has 100 valence electrons. The first-order valence-electron chi connectivity index (χ1n) is 6.98. The molecule has 1 atom stereocenters. The van der Waals surface area contributed by atoms with Gasteiger partial charge in [0.25, 0.3) is 0 Å². The molecule has 1 aromatic rings. The second-order valence-corrected chi connectivity index (χ2v) is 5.10. The van der Waals surface area contributed by atoms with E-state index in [4.69, 9.17) is 4.74 Å². The molecule has 0 saturated carbocycles. The Hall–Kier alpha value is -1.22. The van der Waals surface area contributed by atoms with Gasteiger partial charge in [0, 0.05) is 25.3 Å². The number of ether oxygens (including phenoxy) is 1. The predicted octanol–water partition coefficient (Wildman–Crippen LogP) is 2.52. The minimum absolute atomic E-state index is 0.698. The number of nitrogens with one attached hydrogen (secondary N) is 1. The van der Waals surface area contributed by atoms with Crippen molar-refractivity contribution in [2.45, 2.75) is 20.3 Å². The van der Waals surface area contributed by atoms with Crippen LogP contribution in [0.25, 0.3) is 0 Å². The van der Waals surface area contributed by atoms with E-state index in [1.165, 1.54) is 5.69 Å². The van der Waals surface area contributed by atoms with Gasteiger partial charge in [0.15, 0.2) is 0 Å². The quantitative estimate of drug-likeness (QED) is 0.886. The summed E-state index contributed by atoms with van der Waals surface area (Å²) in [5.74, 6) is 1.67. The number of hydrogen-bond donors (Lipinski definition) is 1. The van der Waals surface area contributed by atoms with Crippen LogP contribution in [0.1, 0.15) is 20.3 Å². The van der Waals surface area contributed by atoms with E-state index < -0.39 is 0 Å². The molecule has 18 heavy (non-hydrogen) atoms. The van der Waals surface area contributed by atoms with Gasteiger partial charge in [-0.2, -0.15) is 0 Å². The molecule has 0 amide bonds. The molecule has 1 saturated heterocycles. The van der Waals surface area contributed by atoms with E-state index in [2.05, 4.69) is 48.3 Å². The van der Waals surface area contributed by atoms with Gasteiger partial charge in [-0.25, -0.2) is 0 Å². The van der Waals surface area contributed by atoms with E-state index in [0.717, 1.165) is 45.0 Å². The summed E-state index contributed by atoms with van der Waals surface area (Å²) in [6.45, 7) is 9.61. The summed E-state index contributed by atoms with van der Waals surface area (Å²) in [6.07, 6.45) is 1.05. The van der Waals surface area contributed by atoms with Gasteiger partial charge in [-0.15, -0.1) is 0 Å². The monoisotopic (exact) mass is 248 g/mol. The topological polar surface area (TPSA) is 24.5 Å². The highest BCUT2D eigenvalue weighted by atomic mass is 16.5. The Bertz CT molecular complexity index is 350. The molecule has 2 rings (SSSR count). The highest BCUT2D eigenvalue weighted by Gasteiger charge is 2.14. The molecule has 3 heteroatoms. The standard InChI is InChI=1S/C15H24N2O/c1-3-10-18-15-6-4-14(5-7-15)17-9-8-16-11-13(2)12-17/h4-7,13,16H,3,8-12H2,1-2H3. The minimum atomic E-state index is 0.698. The first kappa shape index (κ1) is 13.2. The number of nitrogens with zero attached hydrogens (tertiary/aromatic N) is 1. The van der Waals surface area contributed by atoms with Crippen molar-refractivity contribution in [2.75, 3.05) is 37.7 Å². The van der Waals surface area contributed by atoms with E-state index in [0.29, 0.717) is 5.92 Å². The van der Waals surface area contributed by atoms with E-state index in [9.17, 15) is 0 Å². The molecule has 0 bridgehead atoms. The second-order valence-electron chi connectivity index (χ2n) is 5.10. The molecule has 0 spiro atoms. The Labute approximate surface area is 110 Å². The molecule has 1 unspecified atom stereocenters. The number of benzene rings is 1. The summed E-state index contributed by atoms with van der Waals surface area (Å²) in [5.41, 5.74) is 1.30. The molecule has 0 aliphatic carbocycles. The molecule has 0 aromatic heterocycles. The second kappa shape index (κ2) is 6.64. The van der Waals surface area contributed by atoms with Crippen LogP contribution in [0.15, 0.2) is 24.3 Å². The molecule has 0 radical (unpaired) electrons. The van der Waals surface area contributed by atoms with Crippen molar-refractivity contribution in [3.8, 4) is 5.75 Å². The van der Waals surface area contributed by atoms with Crippen molar-refractivity contribution in [3.05, 3.63) is 24.3 Å². The van der Waals surface area contributed by atoms with Gasteiger partial charge < -0.3 is 15.0 Å². The van der Waals surface area contributed by atoms with Crippen molar-refractivity contribution in [3.63, 3.8) is 0 Å². The van der Waals surface area contributed by atoms with Crippen molar-refractivity contribution in [2.24, 2.45) is 5.92 Å². The molecular formula is C15H24N2O. The molecule has 1 fully saturated rings. The maximum Gasteiger partial charge on any atom is 0.119 e. The molecule has 1 N–H and O–H groups in total. The zero-order valence-corrected chi connectivity index (χ0v) is 11.5. The number of hydrogen-bond acceptors (Lipinski definition) is 3. The first-order valence-corrected chi connectivity index (χ1v) is 6.98. The molecule has 1 aromatic carbocycles. The lowest BCUT2D eigenvalue weighted by molar-refractivity contribution is 0.317. The van der Waals surface area contributed by atoms with Crippen LogP contribution in [0.3, 0.4) is 0 Å². The van der Waals surface area contributed by atoms with Gasteiger partial charge in [0.1, 0.15) is 5.75 Å². The van der Waals surface area contributed by atoms with Crippen LogP contribution >= 0.6 is 0 Å². The van der Waals surface area contributed by atoms with Crippen LogP contribution in [0, 0.1) is 5.92 Å². The summed E-state index contributed by atoms with van der Waals surface area (Å²) in [5, 5.41) is 3.47. The Balaban J connectivity index is 1.99. The van der Waals surface area contributed by atoms with Gasteiger partial charge in [0.2, 0.25) is 0 Å². The lowest BCUT2D eigenvalue weighted by Crippen LogP contribution is -2.29. The van der Waals surface area contributed by atoms with Crippen LogP contribution in [-0.4, -0.2) is 32.8 Å². The lowest BCUT2D eigenvalue weighted by Gasteiger charge is -2.24. The normalized spacial score (nSPS) is 20.6. The van der Waals surface area contributed by atoms with E-state index >= 15 is 0 Å². The van der Waals surface area contributed by atoms with Gasteiger partial charge in [-0.05, 0) is 43.1 Å². The zero-order valence-electron chi connectivity index (χ0n) is 11.5. The van der Waals surface area contributed by atoms with Gasteiger partial charge in [-0.3, -0.25) is 0 Å². The third kappa shape index (κ3) is 3.64. The predicted molar refractivity (Wildman–Crippen MR) is 76.5 cm³/mol. The van der Waals surface area contributed by atoms with Gasteiger partial charge in [0.05, 0.1) is 6.61 Å². The Morgan fingerprint density at radius 2 is 2.11 bits per heavy atom. The van der Waals surface area contributed by atoms with E-state index in [1.807, 2.05) is 0 Å². The van der Waals surface area contributed by atoms with Crippen molar-refractivity contribution >= 4 is 5.69 Å². The average molecular weight is 248 g/mol. The third-order valence-corrected chi connectivity index (χ3v) is 3.26. The highest BCUT2D eigenvalue weighted by Crippen LogP contribution is 2.21. The van der Waals surface area contributed by atoms with Crippen LogP contribution in [0.4, 0.5) is 5.69 Å². The summed E-state index contributed by atoms with van der Waals surface area (Å²) < 4.78 is 5.61. The minimum Gasteiger partial charge on any atom is -0.494 e. The lowest BCUT2D eigenvalue weighted by atomic mass is 10.1. The molecule has 1 aliphatic heterocycles. The molecule has 3 nitrogen and oxygen atoms in total. The van der Waals surface area contributed by atoms with Crippen LogP contribution in [0.2, 0.25) is 0 Å². The van der Waals surface area contributed by atoms with Crippen molar-refractivity contribution in [1.82, 2.24) is 5.32 Å². The largest absolute Gasteiger partial charge is 0.494 e. The first-order chi connectivity index (χ1) is 8.79. The van der Waals surface area contributed by atoms with Gasteiger partial charge >= 0.3 is 0 Å². The Morgan fingerprint density at radius 3 is 2.83 bits per heavy atom. The number of rotatable bonds is 4. The van der Waals surface area contributed by atoms with E-state index in [1.54, 1.807) is 0 Å². The smallest absolute Gasteiger partial charge is 0.119 e. The maximum absolute atomic E-state index is 5.61. The Morgan fingerprint density at radius 1 is 1.33 bits per heavy atom.